The van der Waals surface area contributed by atoms with Gasteiger partial charge in [0.05, 0.1) is 4.90 Å². The SMILES string of the molecule is CCC(C)(OC)C(=O)Nc1ccc(S(N)(=O)=O)cc1. The van der Waals surface area contributed by atoms with Gasteiger partial charge in [-0.1, -0.05) is 6.92 Å². The molecule has 1 aromatic carbocycles. The number of hydrogen-bond acceptors (Lipinski definition) is 4. The number of primary sulfonamides is 1. The number of ether oxygens (including phenoxy) is 1. The van der Waals surface area contributed by atoms with E-state index in [2.05, 4.69) is 5.32 Å². The molecule has 7 heteroatoms. The molecule has 1 atom stereocenters. The molecule has 0 radical (unpaired) electrons. The highest BCUT2D eigenvalue weighted by molar-refractivity contribution is 7.89. The maximum absolute atomic E-state index is 12.0. The Morgan fingerprint density at radius 1 is 1.37 bits per heavy atom. The van der Waals surface area contributed by atoms with Gasteiger partial charge in [0.1, 0.15) is 5.60 Å². The monoisotopic (exact) mass is 286 g/mol. The molecule has 0 heterocycles. The molecular formula is C12H18N2O4S. The molecule has 0 saturated heterocycles. The maximum Gasteiger partial charge on any atom is 0.256 e. The zero-order valence-corrected chi connectivity index (χ0v) is 12.0. The highest BCUT2D eigenvalue weighted by Gasteiger charge is 2.30. The maximum atomic E-state index is 12.0. The van der Waals surface area contributed by atoms with Gasteiger partial charge in [-0.15, -0.1) is 0 Å². The first-order chi connectivity index (χ1) is 8.73. The van der Waals surface area contributed by atoms with Crippen LogP contribution in [0.2, 0.25) is 0 Å². The van der Waals surface area contributed by atoms with E-state index in [-0.39, 0.29) is 10.8 Å². The number of carbonyl (C=O) groups excluding carboxylic acids is 1. The molecule has 106 valence electrons. The number of hydrogen-bond donors (Lipinski definition) is 2. The molecule has 3 N–H and O–H groups in total. The average Bonchev–Trinajstić information content (AvgIpc) is 2.37. The van der Waals surface area contributed by atoms with Crippen LogP contribution in [0.3, 0.4) is 0 Å². The third-order valence-electron chi connectivity index (χ3n) is 3.05. The standard InChI is InChI=1S/C12H18N2O4S/c1-4-12(2,18-3)11(15)14-9-5-7-10(8-6-9)19(13,16)17/h5-8H,4H2,1-3H3,(H,14,15)(H2,13,16,17). The molecular weight excluding hydrogens is 268 g/mol. The predicted molar refractivity (Wildman–Crippen MR) is 72.1 cm³/mol. The summed E-state index contributed by atoms with van der Waals surface area (Å²) in [5.41, 5.74) is -0.437. The van der Waals surface area contributed by atoms with Gasteiger partial charge in [0.25, 0.3) is 5.91 Å². The molecule has 0 bridgehead atoms. The lowest BCUT2D eigenvalue weighted by Gasteiger charge is -2.25. The highest BCUT2D eigenvalue weighted by Crippen LogP contribution is 2.18. The number of sulfonamides is 1. The molecule has 0 fully saturated rings. The summed E-state index contributed by atoms with van der Waals surface area (Å²) in [4.78, 5) is 12.0. The summed E-state index contributed by atoms with van der Waals surface area (Å²) in [5.74, 6) is -0.291. The van der Waals surface area contributed by atoms with Crippen LogP contribution in [-0.2, 0) is 19.6 Å². The Labute approximate surface area is 113 Å². The predicted octanol–water partition coefficient (Wildman–Crippen LogP) is 1.09. The lowest BCUT2D eigenvalue weighted by molar-refractivity contribution is -0.136. The quantitative estimate of drug-likeness (QED) is 0.846. The fourth-order valence-electron chi connectivity index (χ4n) is 1.39. The first-order valence-electron chi connectivity index (χ1n) is 5.72. The van der Waals surface area contributed by atoms with Crippen LogP contribution in [0.15, 0.2) is 29.2 Å². The van der Waals surface area contributed by atoms with Gasteiger partial charge in [-0.05, 0) is 37.6 Å². The number of nitrogens with two attached hydrogens (primary N) is 1. The zero-order chi connectivity index (χ0) is 14.7. The van der Waals surface area contributed by atoms with Crippen molar-refractivity contribution in [2.45, 2.75) is 30.8 Å². The van der Waals surface area contributed by atoms with E-state index in [4.69, 9.17) is 9.88 Å². The molecule has 1 aromatic rings. The van der Waals surface area contributed by atoms with Crippen LogP contribution in [0.25, 0.3) is 0 Å². The Morgan fingerprint density at radius 2 is 1.89 bits per heavy atom. The van der Waals surface area contributed by atoms with Gasteiger partial charge in [-0.3, -0.25) is 4.79 Å². The van der Waals surface area contributed by atoms with Crippen molar-refractivity contribution in [3.8, 4) is 0 Å². The van der Waals surface area contributed by atoms with Gasteiger partial charge in [-0.2, -0.15) is 0 Å². The smallest absolute Gasteiger partial charge is 0.256 e. The second-order valence-electron chi connectivity index (χ2n) is 4.31. The van der Waals surface area contributed by atoms with Gasteiger partial charge >= 0.3 is 0 Å². The highest BCUT2D eigenvalue weighted by atomic mass is 32.2. The molecule has 1 rings (SSSR count). The van der Waals surface area contributed by atoms with Crippen molar-refractivity contribution >= 4 is 21.6 Å². The van der Waals surface area contributed by atoms with Crippen molar-refractivity contribution in [3.05, 3.63) is 24.3 Å². The largest absolute Gasteiger partial charge is 0.369 e. The zero-order valence-electron chi connectivity index (χ0n) is 11.1. The van der Waals surface area contributed by atoms with Crippen LogP contribution in [0, 0.1) is 0 Å². The second kappa shape index (κ2) is 5.68. The molecule has 0 saturated carbocycles. The summed E-state index contributed by atoms with van der Waals surface area (Å²) >= 11 is 0. The number of rotatable bonds is 5. The van der Waals surface area contributed by atoms with E-state index < -0.39 is 15.6 Å². The van der Waals surface area contributed by atoms with Gasteiger partial charge in [0.2, 0.25) is 10.0 Å². The normalized spacial score (nSPS) is 14.7. The minimum atomic E-state index is -3.72. The molecule has 0 spiro atoms. The van der Waals surface area contributed by atoms with Crippen LogP contribution in [0.5, 0.6) is 0 Å². The molecule has 0 aliphatic carbocycles. The number of nitrogens with one attached hydrogen (secondary N) is 1. The van der Waals surface area contributed by atoms with Crippen molar-refractivity contribution in [2.24, 2.45) is 5.14 Å². The lowest BCUT2D eigenvalue weighted by Crippen LogP contribution is -2.41. The molecule has 0 aliphatic rings. The summed E-state index contributed by atoms with van der Waals surface area (Å²) in [6.45, 7) is 3.52. The molecule has 6 nitrogen and oxygen atoms in total. The van der Waals surface area contributed by atoms with Gasteiger partial charge in [-0.25, -0.2) is 13.6 Å². The van der Waals surface area contributed by atoms with Crippen LogP contribution in [-0.4, -0.2) is 27.0 Å². The Hall–Kier alpha value is -1.44. The van der Waals surface area contributed by atoms with E-state index in [1.165, 1.54) is 31.4 Å². The Morgan fingerprint density at radius 3 is 2.26 bits per heavy atom. The van der Waals surface area contributed by atoms with E-state index in [0.29, 0.717) is 12.1 Å². The van der Waals surface area contributed by atoms with Crippen LogP contribution in [0.4, 0.5) is 5.69 Å². The number of anilines is 1. The topological polar surface area (TPSA) is 98.5 Å². The van der Waals surface area contributed by atoms with Crippen molar-refractivity contribution < 1.29 is 17.9 Å². The first-order valence-corrected chi connectivity index (χ1v) is 7.27. The van der Waals surface area contributed by atoms with E-state index in [9.17, 15) is 13.2 Å². The molecule has 1 unspecified atom stereocenters. The first kappa shape index (κ1) is 15.6. The van der Waals surface area contributed by atoms with Crippen LogP contribution < -0.4 is 10.5 Å². The van der Waals surface area contributed by atoms with E-state index in [1.54, 1.807) is 6.92 Å². The lowest BCUT2D eigenvalue weighted by atomic mass is 10.0. The third-order valence-corrected chi connectivity index (χ3v) is 3.98. The summed E-state index contributed by atoms with van der Waals surface area (Å²) in [5, 5.41) is 7.65. The summed E-state index contributed by atoms with van der Waals surface area (Å²) in [6.07, 6.45) is 0.518. The molecule has 1 amide bonds. The number of benzene rings is 1. The van der Waals surface area contributed by atoms with E-state index >= 15 is 0 Å². The fraction of sp³-hybridized carbons (Fsp3) is 0.417. The Bertz CT molecular complexity index is 548. The molecule has 0 aromatic heterocycles. The Kier molecular flexibility index (Phi) is 4.67. The number of methoxy groups -OCH3 is 1. The number of amides is 1. The fourth-order valence-corrected chi connectivity index (χ4v) is 1.90. The molecule has 0 aliphatic heterocycles. The van der Waals surface area contributed by atoms with Crippen LogP contribution >= 0.6 is 0 Å². The summed E-state index contributed by atoms with van der Waals surface area (Å²) in [7, 11) is -2.26. The second-order valence-corrected chi connectivity index (χ2v) is 5.87. The minimum Gasteiger partial charge on any atom is -0.369 e. The van der Waals surface area contributed by atoms with E-state index in [1.807, 2.05) is 6.92 Å². The number of carbonyl (C=O) groups is 1. The van der Waals surface area contributed by atoms with Crippen molar-refractivity contribution in [3.63, 3.8) is 0 Å². The summed E-state index contributed by atoms with van der Waals surface area (Å²) in [6, 6.07) is 5.62. The summed E-state index contributed by atoms with van der Waals surface area (Å²) < 4.78 is 27.3. The Balaban J connectivity index is 2.88. The van der Waals surface area contributed by atoms with Gasteiger partial charge in [0, 0.05) is 12.8 Å². The van der Waals surface area contributed by atoms with Crippen molar-refractivity contribution in [1.82, 2.24) is 0 Å². The van der Waals surface area contributed by atoms with Gasteiger partial charge in [0.15, 0.2) is 0 Å². The van der Waals surface area contributed by atoms with Crippen LogP contribution in [0.1, 0.15) is 20.3 Å². The minimum absolute atomic E-state index is 0.00417. The third kappa shape index (κ3) is 3.76. The van der Waals surface area contributed by atoms with E-state index in [0.717, 1.165) is 0 Å². The van der Waals surface area contributed by atoms with Gasteiger partial charge < -0.3 is 10.1 Å². The van der Waals surface area contributed by atoms with Crippen molar-refractivity contribution in [1.29, 1.82) is 0 Å². The van der Waals surface area contributed by atoms with Crippen molar-refractivity contribution in [2.75, 3.05) is 12.4 Å². The average molecular weight is 286 g/mol. The molecule has 19 heavy (non-hydrogen) atoms.